The van der Waals surface area contributed by atoms with Gasteiger partial charge in [0, 0.05) is 12.5 Å². The Kier molecular flexibility index (Phi) is 16.0. The molecule has 13 heteroatoms. The van der Waals surface area contributed by atoms with Gasteiger partial charge in [-0.25, -0.2) is 4.79 Å². The van der Waals surface area contributed by atoms with Crippen LogP contribution < -0.4 is 21.3 Å². The number of nitrogens with one attached hydrogen (secondary N) is 4. The second kappa shape index (κ2) is 19.7. The fourth-order valence-corrected chi connectivity index (χ4v) is 7.06. The number of alkyl carbamates (subject to hydrolysis) is 1. The highest BCUT2D eigenvalue weighted by atomic mass is 16.5. The molecule has 2 aliphatic rings. The van der Waals surface area contributed by atoms with Crippen molar-refractivity contribution < 1.29 is 38.3 Å². The smallest absolute Gasteiger partial charge is 0.407 e. The Labute approximate surface area is 314 Å². The summed E-state index contributed by atoms with van der Waals surface area (Å²) in [4.78, 5) is 95.1. The van der Waals surface area contributed by atoms with Gasteiger partial charge in [-0.1, -0.05) is 105 Å². The first kappa shape index (κ1) is 43.1. The Bertz CT molecular complexity index is 1450. The number of Topliss-reactive ketones (excluding diaryl/α,β-unsaturated/α-hetero) is 2. The van der Waals surface area contributed by atoms with Gasteiger partial charge in [-0.15, -0.1) is 0 Å². The Morgan fingerprint density at radius 3 is 2.08 bits per heavy atom. The fraction of sp³-hybridized carbons (Fsp3) is 0.675. The molecule has 1 unspecified atom stereocenters. The summed E-state index contributed by atoms with van der Waals surface area (Å²) in [6.45, 7) is 14.8. The van der Waals surface area contributed by atoms with Crippen LogP contribution in [-0.2, 0) is 33.5 Å². The van der Waals surface area contributed by atoms with Gasteiger partial charge < -0.3 is 30.9 Å². The number of ketones is 2. The predicted molar refractivity (Wildman–Crippen MR) is 200 cm³/mol. The van der Waals surface area contributed by atoms with Crippen LogP contribution in [0.15, 0.2) is 30.3 Å². The summed E-state index contributed by atoms with van der Waals surface area (Å²) in [5, 5.41) is 10.6. The zero-order chi connectivity index (χ0) is 39.5. The number of carbonyl (C=O) groups excluding carboxylic acids is 7. The highest BCUT2D eigenvalue weighted by molar-refractivity contribution is 6.38. The van der Waals surface area contributed by atoms with Gasteiger partial charge in [-0.3, -0.25) is 28.8 Å². The highest BCUT2D eigenvalue weighted by Crippen LogP contribution is 2.36. The Hall–Kier alpha value is -4.29. The van der Waals surface area contributed by atoms with Gasteiger partial charge in [0.15, 0.2) is 5.78 Å². The molecule has 1 saturated carbocycles. The van der Waals surface area contributed by atoms with E-state index in [9.17, 15) is 33.6 Å². The van der Waals surface area contributed by atoms with Crippen molar-refractivity contribution in [2.75, 3.05) is 19.7 Å². The molecule has 1 aromatic carbocycles. The van der Waals surface area contributed by atoms with E-state index < -0.39 is 65.7 Å². The van der Waals surface area contributed by atoms with Crippen LogP contribution in [0.2, 0.25) is 0 Å². The topological polar surface area (TPSA) is 180 Å². The molecule has 294 valence electrons. The molecule has 2 fully saturated rings. The molecular weight excluding hydrogens is 678 g/mol. The van der Waals surface area contributed by atoms with E-state index in [4.69, 9.17) is 4.74 Å². The number of benzene rings is 1. The standard InChI is InChI=1S/C40H61N5O8/c1-24(2)19-29(35(48)37(50)41-21-31(46)43-32(34(47)26(5)6)27-15-11-9-12-16-27)42-36(49)30-20-40(7,8)23-45(30)38(51)33(28-17-13-10-14-18-28)44-39(52)53-22-25(3)4/h9,11-12,15-16,24-26,28-30,32-33H,10,13-14,17-23H2,1-8H3,(H,41,50)(H,42,49)(H,43,46)(H,44,52)/t29-,30?,32-,33-/m0/s1. The Morgan fingerprint density at radius 2 is 1.49 bits per heavy atom. The summed E-state index contributed by atoms with van der Waals surface area (Å²) in [6.07, 6.45) is 4.20. The Morgan fingerprint density at radius 1 is 0.849 bits per heavy atom. The summed E-state index contributed by atoms with van der Waals surface area (Å²) in [5.74, 6) is -4.25. The molecule has 1 heterocycles. The minimum atomic E-state index is -1.22. The predicted octanol–water partition coefficient (Wildman–Crippen LogP) is 4.24. The van der Waals surface area contributed by atoms with Crippen LogP contribution in [0.25, 0.3) is 0 Å². The third-order valence-corrected chi connectivity index (χ3v) is 9.78. The minimum Gasteiger partial charge on any atom is -0.449 e. The van der Waals surface area contributed by atoms with Gasteiger partial charge in [0.1, 0.15) is 18.1 Å². The molecule has 4 N–H and O–H groups in total. The van der Waals surface area contributed by atoms with E-state index in [0.717, 1.165) is 32.1 Å². The van der Waals surface area contributed by atoms with E-state index in [0.29, 0.717) is 12.0 Å². The molecular formula is C40H61N5O8. The summed E-state index contributed by atoms with van der Waals surface area (Å²) in [5.41, 5.74) is 0.153. The molecule has 1 aromatic rings. The second-order valence-electron chi connectivity index (χ2n) is 16.6. The fourth-order valence-electron chi connectivity index (χ4n) is 7.06. The molecule has 1 aliphatic carbocycles. The van der Waals surface area contributed by atoms with Crippen molar-refractivity contribution in [3.63, 3.8) is 0 Å². The van der Waals surface area contributed by atoms with Gasteiger partial charge in [0.2, 0.25) is 23.5 Å². The number of hydrogen-bond donors (Lipinski definition) is 4. The molecule has 4 atom stereocenters. The van der Waals surface area contributed by atoms with E-state index in [1.165, 1.54) is 4.90 Å². The summed E-state index contributed by atoms with van der Waals surface area (Å²) in [7, 11) is 0. The number of nitrogens with zero attached hydrogens (tertiary/aromatic N) is 1. The van der Waals surface area contributed by atoms with E-state index in [1.54, 1.807) is 44.2 Å². The molecule has 0 aromatic heterocycles. The maximum absolute atomic E-state index is 14.3. The third kappa shape index (κ3) is 13.0. The zero-order valence-corrected chi connectivity index (χ0v) is 32.8. The molecule has 53 heavy (non-hydrogen) atoms. The largest absolute Gasteiger partial charge is 0.449 e. The van der Waals surface area contributed by atoms with Crippen molar-refractivity contribution in [3.05, 3.63) is 35.9 Å². The normalized spacial score (nSPS) is 18.9. The number of rotatable bonds is 17. The van der Waals surface area contributed by atoms with Crippen molar-refractivity contribution in [1.82, 2.24) is 26.2 Å². The number of ether oxygens (including phenoxy) is 1. The number of hydrogen-bond acceptors (Lipinski definition) is 8. The van der Waals surface area contributed by atoms with Crippen molar-refractivity contribution in [3.8, 4) is 0 Å². The molecule has 0 bridgehead atoms. The molecule has 1 saturated heterocycles. The van der Waals surface area contributed by atoms with Crippen LogP contribution in [0.4, 0.5) is 4.79 Å². The van der Waals surface area contributed by atoms with Crippen molar-refractivity contribution >= 4 is 41.3 Å². The van der Waals surface area contributed by atoms with Crippen LogP contribution in [0.5, 0.6) is 0 Å². The van der Waals surface area contributed by atoms with E-state index in [-0.39, 0.29) is 54.9 Å². The second-order valence-corrected chi connectivity index (χ2v) is 16.6. The maximum atomic E-state index is 14.3. The first-order valence-corrected chi connectivity index (χ1v) is 19.1. The van der Waals surface area contributed by atoms with Gasteiger partial charge in [-0.05, 0) is 54.4 Å². The van der Waals surface area contributed by atoms with Gasteiger partial charge >= 0.3 is 6.09 Å². The molecule has 13 nitrogen and oxygen atoms in total. The summed E-state index contributed by atoms with van der Waals surface area (Å²) >= 11 is 0. The first-order chi connectivity index (χ1) is 24.9. The average molecular weight is 740 g/mol. The monoisotopic (exact) mass is 739 g/mol. The highest BCUT2D eigenvalue weighted by Gasteiger charge is 2.47. The molecule has 3 rings (SSSR count). The minimum absolute atomic E-state index is 0.0940. The number of carbonyl (C=O) groups is 7. The molecule has 1 aliphatic heterocycles. The number of amides is 5. The lowest BCUT2D eigenvalue weighted by atomic mass is 9.83. The van der Waals surface area contributed by atoms with Crippen molar-refractivity contribution in [2.45, 2.75) is 125 Å². The van der Waals surface area contributed by atoms with Crippen LogP contribution in [0, 0.1) is 29.1 Å². The van der Waals surface area contributed by atoms with Gasteiger partial charge in [0.25, 0.3) is 5.91 Å². The van der Waals surface area contributed by atoms with Crippen LogP contribution in [0.1, 0.15) is 112 Å². The number of likely N-dealkylation sites (tertiary alicyclic amines) is 1. The Balaban J connectivity index is 1.74. The average Bonchev–Trinajstić information content (AvgIpc) is 3.45. The van der Waals surface area contributed by atoms with Crippen LogP contribution in [-0.4, -0.2) is 84.0 Å². The van der Waals surface area contributed by atoms with E-state index in [1.807, 2.05) is 41.5 Å². The third-order valence-electron chi connectivity index (χ3n) is 9.78. The molecule has 5 amide bonds. The molecule has 0 radical (unpaired) electrons. The van der Waals surface area contributed by atoms with E-state index in [2.05, 4.69) is 21.3 Å². The van der Waals surface area contributed by atoms with E-state index >= 15 is 0 Å². The maximum Gasteiger partial charge on any atom is 0.407 e. The molecule has 0 spiro atoms. The van der Waals surface area contributed by atoms with Crippen LogP contribution >= 0.6 is 0 Å². The van der Waals surface area contributed by atoms with Crippen molar-refractivity contribution in [2.24, 2.45) is 29.1 Å². The first-order valence-electron chi connectivity index (χ1n) is 19.1. The SMILES string of the molecule is CC(C)COC(=O)N[C@H](C(=O)N1CC(C)(C)CC1C(=O)N[C@@H](CC(C)C)C(=O)C(=O)NCC(=O)N[C@H](C(=O)C(C)C)c1ccccc1)C1CCCCC1. The lowest BCUT2D eigenvalue weighted by molar-refractivity contribution is -0.143. The summed E-state index contributed by atoms with van der Waals surface area (Å²) < 4.78 is 5.37. The zero-order valence-electron chi connectivity index (χ0n) is 32.8. The lowest BCUT2D eigenvalue weighted by Gasteiger charge is -2.35. The quantitative estimate of drug-likeness (QED) is 0.171. The summed E-state index contributed by atoms with van der Waals surface area (Å²) in [6, 6.07) is 4.79. The van der Waals surface area contributed by atoms with Gasteiger partial charge in [0.05, 0.1) is 19.2 Å². The van der Waals surface area contributed by atoms with Gasteiger partial charge in [-0.2, -0.15) is 0 Å². The van der Waals surface area contributed by atoms with Crippen LogP contribution in [0.3, 0.4) is 0 Å². The lowest BCUT2D eigenvalue weighted by Crippen LogP contribution is -2.58. The van der Waals surface area contributed by atoms with Crippen molar-refractivity contribution in [1.29, 1.82) is 0 Å².